The van der Waals surface area contributed by atoms with Gasteiger partial charge in [-0.15, -0.1) is 0 Å². The van der Waals surface area contributed by atoms with Crippen LogP contribution < -0.4 is 15.6 Å². The third-order valence-electron chi connectivity index (χ3n) is 7.89. The van der Waals surface area contributed by atoms with E-state index < -0.39 is 36.7 Å². The van der Waals surface area contributed by atoms with Crippen molar-refractivity contribution in [2.75, 3.05) is 25.1 Å². The van der Waals surface area contributed by atoms with Crippen molar-refractivity contribution in [3.8, 4) is 16.9 Å². The highest BCUT2D eigenvalue weighted by Gasteiger charge is 2.45. The molecule has 1 fully saturated rings. The van der Waals surface area contributed by atoms with E-state index in [0.717, 1.165) is 40.8 Å². The minimum Gasteiger partial charge on any atom is -0.493 e. The van der Waals surface area contributed by atoms with Gasteiger partial charge in [-0.3, -0.25) is 9.36 Å². The number of hydrogen-bond acceptors (Lipinski definition) is 10. The summed E-state index contributed by atoms with van der Waals surface area (Å²) in [6.07, 6.45) is -1.94. The van der Waals surface area contributed by atoms with Gasteiger partial charge in [0, 0.05) is 18.7 Å². The fourth-order valence-corrected chi connectivity index (χ4v) is 5.47. The Morgan fingerprint density at radius 2 is 1.70 bits per heavy atom. The highest BCUT2D eigenvalue weighted by molar-refractivity contribution is 5.74. The summed E-state index contributed by atoms with van der Waals surface area (Å²) in [5.74, 6) is 0.935. The van der Waals surface area contributed by atoms with Gasteiger partial charge < -0.3 is 39.8 Å². The molecule has 240 valence electrons. The van der Waals surface area contributed by atoms with Crippen LogP contribution in [-0.2, 0) is 22.6 Å². The molecule has 12 heteroatoms. The number of benzene rings is 3. The summed E-state index contributed by atoms with van der Waals surface area (Å²) in [7, 11) is 0. The first kappa shape index (κ1) is 31.4. The van der Waals surface area contributed by atoms with Gasteiger partial charge in [0.05, 0.1) is 26.1 Å². The summed E-state index contributed by atoms with van der Waals surface area (Å²) in [5.41, 5.74) is 3.75. The average Bonchev–Trinajstić information content (AvgIpc) is 3.60. The summed E-state index contributed by atoms with van der Waals surface area (Å²) in [6.45, 7) is 1.54. The summed E-state index contributed by atoms with van der Waals surface area (Å²) in [5, 5.41) is 34.0. The molecule has 2 aromatic heterocycles. The Kier molecular flexibility index (Phi) is 10.0. The van der Waals surface area contributed by atoms with Crippen LogP contribution in [0.25, 0.3) is 22.3 Å². The summed E-state index contributed by atoms with van der Waals surface area (Å²) < 4.78 is 19.3. The number of nitrogens with zero attached hydrogens (tertiary/aromatic N) is 3. The maximum atomic E-state index is 12.5. The van der Waals surface area contributed by atoms with E-state index in [1.165, 1.54) is 10.9 Å². The number of ether oxygens (including phenoxy) is 3. The predicted molar refractivity (Wildman–Crippen MR) is 171 cm³/mol. The lowest BCUT2D eigenvalue weighted by molar-refractivity contribution is -0.0501. The fourth-order valence-electron chi connectivity index (χ4n) is 5.47. The maximum absolute atomic E-state index is 12.5. The van der Waals surface area contributed by atoms with Gasteiger partial charge in [0.1, 0.15) is 24.1 Å². The lowest BCUT2D eigenvalue weighted by Crippen LogP contribution is -2.33. The van der Waals surface area contributed by atoms with Crippen LogP contribution in [0.1, 0.15) is 30.2 Å². The Hall–Kier alpha value is -4.59. The number of rotatable bonds is 14. The van der Waals surface area contributed by atoms with Gasteiger partial charge in [-0.05, 0) is 35.6 Å². The van der Waals surface area contributed by atoms with Gasteiger partial charge in [0.15, 0.2) is 17.4 Å². The second-order valence-corrected chi connectivity index (χ2v) is 11.1. The van der Waals surface area contributed by atoms with E-state index in [9.17, 15) is 20.1 Å². The smallest absolute Gasteiger partial charge is 0.278 e. The average molecular weight is 628 g/mol. The zero-order valence-corrected chi connectivity index (χ0v) is 25.2. The number of imidazole rings is 1. The van der Waals surface area contributed by atoms with E-state index >= 15 is 0 Å². The number of aromatic amines is 1. The molecule has 1 aliphatic rings. The first-order valence-electron chi connectivity index (χ1n) is 15.3. The van der Waals surface area contributed by atoms with Crippen LogP contribution in [0.3, 0.4) is 0 Å². The van der Waals surface area contributed by atoms with Crippen molar-refractivity contribution in [1.29, 1.82) is 0 Å². The van der Waals surface area contributed by atoms with E-state index in [-0.39, 0.29) is 23.7 Å². The van der Waals surface area contributed by atoms with E-state index in [1.807, 2.05) is 78.9 Å². The highest BCUT2D eigenvalue weighted by Crippen LogP contribution is 2.35. The Morgan fingerprint density at radius 1 is 0.935 bits per heavy atom. The molecule has 5 N–H and O–H groups in total. The molecule has 1 saturated heterocycles. The normalized spacial score (nSPS) is 19.5. The van der Waals surface area contributed by atoms with E-state index in [1.54, 1.807) is 0 Å². The van der Waals surface area contributed by atoms with Gasteiger partial charge >= 0.3 is 0 Å². The molecule has 5 aromatic rings. The number of aromatic nitrogens is 4. The Bertz CT molecular complexity index is 1780. The number of nitrogens with one attached hydrogen (secondary N) is 2. The predicted octanol–water partition coefficient (Wildman–Crippen LogP) is 3.39. The van der Waals surface area contributed by atoms with Crippen molar-refractivity contribution in [3.63, 3.8) is 0 Å². The fraction of sp³-hybridized carbons (Fsp3) is 0.324. The molecule has 0 radical (unpaired) electrons. The second-order valence-electron chi connectivity index (χ2n) is 11.1. The van der Waals surface area contributed by atoms with Crippen LogP contribution >= 0.6 is 0 Å². The lowest BCUT2D eigenvalue weighted by Gasteiger charge is -2.20. The van der Waals surface area contributed by atoms with Gasteiger partial charge in [-0.1, -0.05) is 72.8 Å². The molecule has 0 amide bonds. The molecule has 46 heavy (non-hydrogen) atoms. The standard InChI is InChI=1S/C34H37N5O7/c40-19-27-29(41)30(42)33(46-27)39-31-28(32(43)37-21-36-31)38-34(39)35-18-23-13-14-25(24-11-5-2-6-12-24)26(17-23)45-16-8-7-15-44-20-22-9-3-1-4-10-22/h1-6,9-14,17,21,27,29-30,33,40-42H,7-8,15-16,18-20H2,(H,35,38)(H,36,37,43)/t27-,29-,30-,33-/m1/s1. The number of unbranched alkanes of at least 4 members (excludes halogenated alkanes) is 1. The van der Waals surface area contributed by atoms with Crippen LogP contribution in [-0.4, -0.2) is 73.0 Å². The molecule has 12 nitrogen and oxygen atoms in total. The zero-order valence-electron chi connectivity index (χ0n) is 25.2. The molecule has 6 rings (SSSR count). The number of aliphatic hydroxyl groups excluding tert-OH is 3. The van der Waals surface area contributed by atoms with Crippen LogP contribution in [0, 0.1) is 0 Å². The molecule has 1 aliphatic heterocycles. The minimum atomic E-state index is -1.38. The Balaban J connectivity index is 1.17. The highest BCUT2D eigenvalue weighted by atomic mass is 16.6. The SMILES string of the molecule is O=c1[nH]cnc2c1nc(NCc1ccc(-c3ccccc3)c(OCCCCOCc3ccccc3)c1)n2[C@@H]1O[C@H](CO)[C@@H](O)[C@H]1O. The molecule has 4 atom stereocenters. The van der Waals surface area contributed by atoms with Crippen LogP contribution in [0.5, 0.6) is 5.75 Å². The maximum Gasteiger partial charge on any atom is 0.278 e. The van der Waals surface area contributed by atoms with Crippen molar-refractivity contribution < 1.29 is 29.5 Å². The molecule has 0 spiro atoms. The third-order valence-corrected chi connectivity index (χ3v) is 7.89. The van der Waals surface area contributed by atoms with Gasteiger partial charge in [-0.25, -0.2) is 9.97 Å². The van der Waals surface area contributed by atoms with E-state index in [4.69, 9.17) is 14.2 Å². The monoisotopic (exact) mass is 627 g/mol. The summed E-state index contributed by atoms with van der Waals surface area (Å²) in [6, 6.07) is 26.0. The largest absolute Gasteiger partial charge is 0.493 e. The molecule has 0 unspecified atom stereocenters. The van der Waals surface area contributed by atoms with E-state index in [2.05, 4.69) is 20.3 Å². The lowest BCUT2D eigenvalue weighted by atomic mass is 10.0. The van der Waals surface area contributed by atoms with Gasteiger partial charge in [0.25, 0.3) is 5.56 Å². The molecule has 0 bridgehead atoms. The van der Waals surface area contributed by atoms with Crippen LogP contribution in [0.4, 0.5) is 5.95 Å². The van der Waals surface area contributed by atoms with E-state index in [0.29, 0.717) is 19.8 Å². The first-order valence-corrected chi connectivity index (χ1v) is 15.3. The number of fused-ring (bicyclic) bond motifs is 1. The molecule has 3 aromatic carbocycles. The van der Waals surface area contributed by atoms with Crippen molar-refractivity contribution in [1.82, 2.24) is 19.5 Å². The number of hydrogen-bond donors (Lipinski definition) is 5. The molecular formula is C34H37N5O7. The van der Waals surface area contributed by atoms with Crippen molar-refractivity contribution in [2.45, 2.75) is 50.5 Å². The number of anilines is 1. The Labute approximate surface area is 265 Å². The van der Waals surface area contributed by atoms with Crippen molar-refractivity contribution >= 4 is 17.1 Å². The Morgan fingerprint density at radius 3 is 2.46 bits per heavy atom. The van der Waals surface area contributed by atoms with Crippen LogP contribution in [0.2, 0.25) is 0 Å². The quantitative estimate of drug-likeness (QED) is 0.115. The topological polar surface area (TPSA) is 164 Å². The van der Waals surface area contributed by atoms with Gasteiger partial charge in [-0.2, -0.15) is 0 Å². The summed E-state index contributed by atoms with van der Waals surface area (Å²) in [4.78, 5) is 23.7. The van der Waals surface area contributed by atoms with Crippen molar-refractivity contribution in [3.05, 3.63) is 107 Å². The summed E-state index contributed by atoms with van der Waals surface area (Å²) >= 11 is 0. The molecular weight excluding hydrogens is 590 g/mol. The third kappa shape index (κ3) is 6.96. The second kappa shape index (κ2) is 14.7. The molecule has 0 saturated carbocycles. The number of H-pyrrole nitrogens is 1. The van der Waals surface area contributed by atoms with Crippen LogP contribution in [0.15, 0.2) is 90.0 Å². The van der Waals surface area contributed by atoms with Gasteiger partial charge in [0.2, 0.25) is 5.95 Å². The first-order chi connectivity index (χ1) is 22.5. The molecule has 3 heterocycles. The molecule has 0 aliphatic carbocycles. The minimum absolute atomic E-state index is 0.0407. The zero-order chi connectivity index (χ0) is 31.9. The van der Waals surface area contributed by atoms with Crippen molar-refractivity contribution in [2.24, 2.45) is 0 Å². The number of aliphatic hydroxyl groups is 3.